The lowest BCUT2D eigenvalue weighted by molar-refractivity contribution is 1.41. The van der Waals surface area contributed by atoms with Crippen molar-refractivity contribution >= 4 is 11.4 Å². The van der Waals surface area contributed by atoms with E-state index in [1.807, 2.05) is 72.8 Å². The first-order valence-electron chi connectivity index (χ1n) is 8.64. The van der Waals surface area contributed by atoms with Crippen molar-refractivity contribution < 1.29 is 0 Å². The molecule has 4 aromatic carbocycles. The van der Waals surface area contributed by atoms with Gasteiger partial charge in [0.1, 0.15) is 0 Å². The number of anilines is 2. The molecule has 2 N–H and O–H groups in total. The lowest BCUT2D eigenvalue weighted by atomic mass is 10.1. The molecule has 2 heteroatoms. The normalized spacial score (nSPS) is 9.54. The maximum absolute atomic E-state index is 3.11. The van der Waals surface area contributed by atoms with Crippen LogP contribution in [0.3, 0.4) is 0 Å². The first-order chi connectivity index (χ1) is 12.9. The second kappa shape index (κ2) is 9.70. The highest BCUT2D eigenvalue weighted by Gasteiger charge is 1.92. The van der Waals surface area contributed by atoms with Crippen molar-refractivity contribution in [1.82, 2.24) is 0 Å². The molecule has 4 rings (SSSR count). The topological polar surface area (TPSA) is 24.1 Å². The minimum Gasteiger partial charge on any atom is -0.301 e. The molecule has 0 radical (unpaired) electrons. The Hall–Kier alpha value is -3.52. The number of benzene rings is 4. The molecule has 0 fully saturated rings. The van der Waals surface area contributed by atoms with Crippen LogP contribution in [0.1, 0.15) is 0 Å². The summed E-state index contributed by atoms with van der Waals surface area (Å²) in [6, 6.07) is 40.8. The van der Waals surface area contributed by atoms with Crippen LogP contribution in [0.2, 0.25) is 0 Å². The number of hydrogen-bond donors (Lipinski definition) is 2. The molecule has 128 valence electrons. The summed E-state index contributed by atoms with van der Waals surface area (Å²) in [6.07, 6.45) is 0. The second-order valence-corrected chi connectivity index (χ2v) is 5.71. The molecule has 0 aliphatic rings. The highest BCUT2D eigenvalue weighted by Crippen LogP contribution is 2.17. The average Bonchev–Trinajstić information content (AvgIpc) is 2.75. The van der Waals surface area contributed by atoms with E-state index in [1.54, 1.807) is 0 Å². The summed E-state index contributed by atoms with van der Waals surface area (Å²) in [5.74, 6) is 0. The molecule has 0 unspecified atom stereocenters. The first kappa shape index (κ1) is 17.3. The second-order valence-electron chi connectivity index (χ2n) is 5.71. The Bertz CT molecular complexity index is 784. The molecule has 0 bridgehead atoms. The molecule has 0 aromatic heterocycles. The highest BCUT2D eigenvalue weighted by molar-refractivity contribution is 5.62. The zero-order chi connectivity index (χ0) is 17.9. The van der Waals surface area contributed by atoms with Gasteiger partial charge in [-0.25, -0.2) is 0 Å². The molecule has 0 spiro atoms. The van der Waals surface area contributed by atoms with Crippen molar-refractivity contribution in [3.8, 4) is 11.1 Å². The predicted molar refractivity (Wildman–Crippen MR) is 112 cm³/mol. The number of hydrazine groups is 1. The first-order valence-corrected chi connectivity index (χ1v) is 8.64. The zero-order valence-corrected chi connectivity index (χ0v) is 14.5. The van der Waals surface area contributed by atoms with Gasteiger partial charge >= 0.3 is 0 Å². The van der Waals surface area contributed by atoms with Gasteiger partial charge in [-0.15, -0.1) is 0 Å². The third-order valence-electron chi connectivity index (χ3n) is 3.78. The maximum atomic E-state index is 3.11. The summed E-state index contributed by atoms with van der Waals surface area (Å²) in [6.45, 7) is 0. The van der Waals surface area contributed by atoms with Crippen LogP contribution in [-0.2, 0) is 0 Å². The standard InChI is InChI=1S/C12H12N2.C12H10/c1-3-7-11(8-4-1)13-14-12-9-5-2-6-10-12;1-3-7-11(8-4-1)12-9-5-2-6-10-12/h1-10,13-14H;1-10H. The zero-order valence-electron chi connectivity index (χ0n) is 14.5. The molecule has 0 amide bonds. The molecule has 0 aliphatic carbocycles. The van der Waals surface area contributed by atoms with Gasteiger partial charge in [0, 0.05) is 0 Å². The van der Waals surface area contributed by atoms with Crippen LogP contribution in [0, 0.1) is 0 Å². The van der Waals surface area contributed by atoms with Crippen LogP contribution in [0.4, 0.5) is 11.4 Å². The fourth-order valence-electron chi connectivity index (χ4n) is 2.45. The molecular weight excluding hydrogens is 316 g/mol. The van der Waals surface area contributed by atoms with Gasteiger partial charge in [0.05, 0.1) is 11.4 Å². The smallest absolute Gasteiger partial charge is 0.0539 e. The predicted octanol–water partition coefficient (Wildman–Crippen LogP) is 6.48. The van der Waals surface area contributed by atoms with Gasteiger partial charge < -0.3 is 10.9 Å². The Morgan fingerprint density at radius 2 is 0.577 bits per heavy atom. The summed E-state index contributed by atoms with van der Waals surface area (Å²) in [5, 5.41) is 0. The summed E-state index contributed by atoms with van der Waals surface area (Å²) in [7, 11) is 0. The van der Waals surface area contributed by atoms with Crippen molar-refractivity contribution in [2.24, 2.45) is 0 Å². The quantitative estimate of drug-likeness (QED) is 0.416. The highest BCUT2D eigenvalue weighted by atomic mass is 15.4. The fourth-order valence-corrected chi connectivity index (χ4v) is 2.45. The van der Waals surface area contributed by atoms with Gasteiger partial charge in [-0.3, -0.25) is 0 Å². The van der Waals surface area contributed by atoms with E-state index in [-0.39, 0.29) is 0 Å². The Labute approximate surface area is 155 Å². The van der Waals surface area contributed by atoms with Gasteiger partial charge in [0.25, 0.3) is 0 Å². The van der Waals surface area contributed by atoms with Crippen LogP contribution < -0.4 is 10.9 Å². The number of para-hydroxylation sites is 2. The van der Waals surface area contributed by atoms with Crippen LogP contribution >= 0.6 is 0 Å². The number of rotatable bonds is 4. The minimum absolute atomic E-state index is 1.05. The van der Waals surface area contributed by atoms with Crippen LogP contribution in [0.5, 0.6) is 0 Å². The lowest BCUT2D eigenvalue weighted by Crippen LogP contribution is -2.07. The third kappa shape index (κ3) is 5.53. The maximum Gasteiger partial charge on any atom is 0.0539 e. The van der Waals surface area contributed by atoms with Gasteiger partial charge in [-0.1, -0.05) is 97.1 Å². The monoisotopic (exact) mass is 338 g/mol. The molecule has 2 nitrogen and oxygen atoms in total. The minimum atomic E-state index is 1.05. The third-order valence-corrected chi connectivity index (χ3v) is 3.78. The summed E-state index contributed by atoms with van der Waals surface area (Å²) >= 11 is 0. The average molecular weight is 338 g/mol. The van der Waals surface area contributed by atoms with E-state index >= 15 is 0 Å². The molecular formula is C24H22N2. The van der Waals surface area contributed by atoms with Crippen LogP contribution in [-0.4, -0.2) is 0 Å². The summed E-state index contributed by atoms with van der Waals surface area (Å²) < 4.78 is 0. The van der Waals surface area contributed by atoms with E-state index in [0.717, 1.165) is 11.4 Å². The molecule has 0 heterocycles. The van der Waals surface area contributed by atoms with E-state index < -0.39 is 0 Å². The lowest BCUT2D eigenvalue weighted by Gasteiger charge is -2.08. The Kier molecular flexibility index (Phi) is 6.46. The Morgan fingerprint density at radius 1 is 0.308 bits per heavy atom. The van der Waals surface area contributed by atoms with Gasteiger partial charge in [0.2, 0.25) is 0 Å². The van der Waals surface area contributed by atoms with Crippen molar-refractivity contribution in [3.63, 3.8) is 0 Å². The van der Waals surface area contributed by atoms with Crippen molar-refractivity contribution in [1.29, 1.82) is 0 Å². The van der Waals surface area contributed by atoms with Gasteiger partial charge in [-0.05, 0) is 35.4 Å². The van der Waals surface area contributed by atoms with Gasteiger partial charge in [-0.2, -0.15) is 0 Å². The molecule has 0 saturated carbocycles. The van der Waals surface area contributed by atoms with Crippen molar-refractivity contribution in [2.75, 3.05) is 10.9 Å². The van der Waals surface area contributed by atoms with E-state index in [0.29, 0.717) is 0 Å². The van der Waals surface area contributed by atoms with Crippen LogP contribution in [0.15, 0.2) is 121 Å². The molecule has 0 aliphatic heterocycles. The SMILES string of the molecule is c1ccc(-c2ccccc2)cc1.c1ccc(NNc2ccccc2)cc1. The molecule has 26 heavy (non-hydrogen) atoms. The summed E-state index contributed by atoms with van der Waals surface area (Å²) in [4.78, 5) is 0. The Balaban J connectivity index is 0.000000152. The van der Waals surface area contributed by atoms with Gasteiger partial charge in [0.15, 0.2) is 0 Å². The Morgan fingerprint density at radius 3 is 0.885 bits per heavy atom. The number of hydrogen-bond acceptors (Lipinski definition) is 2. The van der Waals surface area contributed by atoms with Crippen LogP contribution in [0.25, 0.3) is 11.1 Å². The van der Waals surface area contributed by atoms with E-state index in [2.05, 4.69) is 59.4 Å². The molecule has 0 atom stereocenters. The summed E-state index contributed by atoms with van der Waals surface area (Å²) in [5.41, 5.74) is 10.9. The van der Waals surface area contributed by atoms with Crippen molar-refractivity contribution in [2.45, 2.75) is 0 Å². The molecule has 4 aromatic rings. The van der Waals surface area contributed by atoms with E-state index in [4.69, 9.17) is 0 Å². The van der Waals surface area contributed by atoms with Crippen molar-refractivity contribution in [3.05, 3.63) is 121 Å². The van der Waals surface area contributed by atoms with E-state index in [9.17, 15) is 0 Å². The fraction of sp³-hybridized carbons (Fsp3) is 0. The number of nitrogens with one attached hydrogen (secondary N) is 2. The molecule has 0 saturated heterocycles. The van der Waals surface area contributed by atoms with E-state index in [1.165, 1.54) is 11.1 Å². The largest absolute Gasteiger partial charge is 0.301 e.